The average Bonchev–Trinajstić information content (AvgIpc) is 2.91. The maximum atomic E-state index is 13.0. The molecule has 0 bridgehead atoms. The molecule has 3 amide bonds. The van der Waals surface area contributed by atoms with E-state index in [9.17, 15) is 9.59 Å². The molecule has 3 rings (SSSR count). The molecule has 1 heterocycles. The maximum Gasteiger partial charge on any atom is 0.325 e. The van der Waals surface area contributed by atoms with E-state index >= 15 is 0 Å². The monoisotopic (exact) mass is 375 g/mol. The number of nitrogens with zero attached hydrogens (tertiary/aromatic N) is 2. The van der Waals surface area contributed by atoms with Crippen molar-refractivity contribution in [2.45, 2.75) is 25.9 Å². The first kappa shape index (κ1) is 19.2. The molecule has 1 fully saturated rings. The molecule has 142 valence electrons. The van der Waals surface area contributed by atoms with E-state index in [0.717, 1.165) is 11.1 Å². The Balaban J connectivity index is 1.77. The number of rotatable bonds is 6. The number of hydrogen-bond acceptors (Lipinski definition) is 4. The second kappa shape index (κ2) is 7.57. The quantitative estimate of drug-likeness (QED) is 0.619. The number of urea groups is 1. The highest BCUT2D eigenvalue weighted by Gasteiger charge is 2.48. The fourth-order valence-electron chi connectivity index (χ4n) is 2.99. The number of nitrogens with one attached hydrogen (secondary N) is 1. The summed E-state index contributed by atoms with van der Waals surface area (Å²) in [4.78, 5) is 26.7. The third-order valence-corrected chi connectivity index (χ3v) is 4.62. The van der Waals surface area contributed by atoms with E-state index in [2.05, 4.69) is 11.9 Å². The first-order valence-corrected chi connectivity index (χ1v) is 8.84. The fraction of sp³-hybridized carbons (Fsp3) is 0.227. The van der Waals surface area contributed by atoms with E-state index in [1.165, 1.54) is 4.90 Å². The zero-order valence-corrected chi connectivity index (χ0v) is 15.9. The van der Waals surface area contributed by atoms with Gasteiger partial charge in [0.25, 0.3) is 5.91 Å². The molecule has 1 aliphatic rings. The molecular formula is C22H21N3O3. The topological polar surface area (TPSA) is 82.4 Å². The molecule has 2 aromatic rings. The Morgan fingerprint density at radius 1 is 1.18 bits per heavy atom. The summed E-state index contributed by atoms with van der Waals surface area (Å²) in [5, 5.41) is 11.7. The molecule has 6 nitrogen and oxygen atoms in total. The molecule has 0 aliphatic carbocycles. The lowest BCUT2D eigenvalue weighted by Gasteiger charge is -2.22. The predicted molar refractivity (Wildman–Crippen MR) is 104 cm³/mol. The van der Waals surface area contributed by atoms with E-state index in [1.807, 2.05) is 13.0 Å². The normalized spacial score (nSPS) is 18.5. The highest BCUT2D eigenvalue weighted by atomic mass is 16.5. The molecule has 1 unspecified atom stereocenters. The van der Waals surface area contributed by atoms with E-state index in [4.69, 9.17) is 10.00 Å². The summed E-state index contributed by atoms with van der Waals surface area (Å²) in [5.41, 5.74) is 1.75. The molecule has 0 aromatic heterocycles. The summed E-state index contributed by atoms with van der Waals surface area (Å²) < 4.78 is 5.58. The molecule has 1 atom stereocenters. The van der Waals surface area contributed by atoms with Gasteiger partial charge in [0.2, 0.25) is 0 Å². The number of benzene rings is 2. The van der Waals surface area contributed by atoms with Crippen molar-refractivity contribution in [3.05, 3.63) is 77.4 Å². The van der Waals surface area contributed by atoms with Gasteiger partial charge in [-0.25, -0.2) is 4.79 Å². The fourth-order valence-corrected chi connectivity index (χ4v) is 2.99. The zero-order valence-electron chi connectivity index (χ0n) is 15.9. The number of carbonyl (C=O) groups is 2. The van der Waals surface area contributed by atoms with Crippen molar-refractivity contribution < 1.29 is 14.3 Å². The van der Waals surface area contributed by atoms with E-state index < -0.39 is 11.6 Å². The van der Waals surface area contributed by atoms with E-state index in [0.29, 0.717) is 23.5 Å². The van der Waals surface area contributed by atoms with Crippen LogP contribution in [0.15, 0.2) is 60.7 Å². The van der Waals surface area contributed by atoms with Crippen LogP contribution in [0.4, 0.5) is 4.79 Å². The van der Waals surface area contributed by atoms with Crippen molar-refractivity contribution in [3.63, 3.8) is 0 Å². The third-order valence-electron chi connectivity index (χ3n) is 4.62. The standard InChI is InChI=1S/C22H21N3O3/c1-15(2)14-28-19-10-8-18(9-11-19)22(3)20(26)25(21(27)24-22)13-17-6-4-16(12-23)5-7-17/h4-11H,1,13-14H2,2-3H3,(H,24,27). The second-order valence-electron chi connectivity index (χ2n) is 7.03. The van der Waals surface area contributed by atoms with Gasteiger partial charge in [-0.15, -0.1) is 0 Å². The predicted octanol–water partition coefficient (Wildman–Crippen LogP) is 3.48. The minimum Gasteiger partial charge on any atom is -0.489 e. The van der Waals surface area contributed by atoms with Gasteiger partial charge in [0.1, 0.15) is 17.9 Å². The van der Waals surface area contributed by atoms with Gasteiger partial charge >= 0.3 is 6.03 Å². The maximum absolute atomic E-state index is 13.0. The van der Waals surface area contributed by atoms with Crippen molar-refractivity contribution in [1.82, 2.24) is 10.2 Å². The van der Waals surface area contributed by atoms with Crippen molar-refractivity contribution in [2.75, 3.05) is 6.61 Å². The number of carbonyl (C=O) groups excluding carboxylic acids is 2. The zero-order chi connectivity index (χ0) is 20.3. The Labute approximate surface area is 164 Å². The van der Waals surface area contributed by atoms with Gasteiger partial charge in [-0.2, -0.15) is 5.26 Å². The van der Waals surface area contributed by atoms with Gasteiger partial charge in [-0.05, 0) is 54.8 Å². The first-order chi connectivity index (χ1) is 13.3. The second-order valence-corrected chi connectivity index (χ2v) is 7.03. The van der Waals surface area contributed by atoms with Crippen LogP contribution in [-0.2, 0) is 16.9 Å². The van der Waals surface area contributed by atoms with Crippen LogP contribution >= 0.6 is 0 Å². The van der Waals surface area contributed by atoms with E-state index in [-0.39, 0.29) is 12.5 Å². The van der Waals surface area contributed by atoms with Crippen molar-refractivity contribution in [3.8, 4) is 11.8 Å². The smallest absolute Gasteiger partial charge is 0.325 e. The molecule has 28 heavy (non-hydrogen) atoms. The Morgan fingerprint density at radius 2 is 1.82 bits per heavy atom. The number of amides is 3. The van der Waals surface area contributed by atoms with Gasteiger partial charge in [0.05, 0.1) is 18.2 Å². The number of hydrogen-bond donors (Lipinski definition) is 1. The minimum atomic E-state index is -1.14. The van der Waals surface area contributed by atoms with Gasteiger partial charge in [-0.3, -0.25) is 9.69 Å². The van der Waals surface area contributed by atoms with Gasteiger partial charge in [-0.1, -0.05) is 30.8 Å². The summed E-state index contributed by atoms with van der Waals surface area (Å²) in [6.07, 6.45) is 0. The largest absolute Gasteiger partial charge is 0.489 e. The molecule has 1 aliphatic heterocycles. The van der Waals surface area contributed by atoms with Gasteiger partial charge in [0, 0.05) is 0 Å². The van der Waals surface area contributed by atoms with Crippen LogP contribution in [0.25, 0.3) is 0 Å². The average molecular weight is 375 g/mol. The van der Waals surface area contributed by atoms with Crippen LogP contribution in [-0.4, -0.2) is 23.4 Å². The molecule has 6 heteroatoms. The highest BCUT2D eigenvalue weighted by molar-refractivity contribution is 6.07. The molecule has 0 radical (unpaired) electrons. The van der Waals surface area contributed by atoms with Crippen LogP contribution in [0.1, 0.15) is 30.5 Å². The minimum absolute atomic E-state index is 0.145. The first-order valence-electron chi connectivity index (χ1n) is 8.84. The summed E-state index contributed by atoms with van der Waals surface area (Å²) in [6.45, 7) is 7.93. The molecular weight excluding hydrogens is 354 g/mol. The van der Waals surface area contributed by atoms with Crippen LogP contribution in [0.2, 0.25) is 0 Å². The molecule has 0 saturated carbocycles. The third kappa shape index (κ3) is 3.74. The Morgan fingerprint density at radius 3 is 2.39 bits per heavy atom. The molecule has 1 saturated heterocycles. The summed E-state index contributed by atoms with van der Waals surface area (Å²) in [7, 11) is 0. The Bertz CT molecular complexity index is 958. The summed E-state index contributed by atoms with van der Waals surface area (Å²) >= 11 is 0. The Kier molecular flexibility index (Phi) is 5.18. The van der Waals surface area contributed by atoms with Crippen LogP contribution in [0.5, 0.6) is 5.75 Å². The van der Waals surface area contributed by atoms with Crippen LogP contribution in [0, 0.1) is 11.3 Å². The SMILES string of the molecule is C=C(C)COc1ccc(C2(C)NC(=O)N(Cc3ccc(C#N)cc3)C2=O)cc1. The number of ether oxygens (including phenoxy) is 1. The molecule has 2 aromatic carbocycles. The highest BCUT2D eigenvalue weighted by Crippen LogP contribution is 2.31. The van der Waals surface area contributed by atoms with Crippen LogP contribution in [0.3, 0.4) is 0 Å². The lowest BCUT2D eigenvalue weighted by Crippen LogP contribution is -2.40. The van der Waals surface area contributed by atoms with Gasteiger partial charge in [0.15, 0.2) is 0 Å². The summed E-state index contributed by atoms with van der Waals surface area (Å²) in [6, 6.07) is 15.5. The summed E-state index contributed by atoms with van der Waals surface area (Å²) in [5.74, 6) is 0.346. The molecule has 0 spiro atoms. The van der Waals surface area contributed by atoms with E-state index in [1.54, 1.807) is 55.5 Å². The molecule has 1 N–H and O–H groups in total. The lowest BCUT2D eigenvalue weighted by molar-refractivity contribution is -0.131. The number of imide groups is 1. The Hall–Kier alpha value is -3.59. The number of nitriles is 1. The van der Waals surface area contributed by atoms with Crippen LogP contribution < -0.4 is 10.1 Å². The lowest BCUT2D eigenvalue weighted by atomic mass is 9.92. The van der Waals surface area contributed by atoms with Crippen molar-refractivity contribution in [2.24, 2.45) is 0 Å². The van der Waals surface area contributed by atoms with Gasteiger partial charge < -0.3 is 10.1 Å². The van der Waals surface area contributed by atoms with Crippen molar-refractivity contribution >= 4 is 11.9 Å². The van der Waals surface area contributed by atoms with Crippen molar-refractivity contribution in [1.29, 1.82) is 5.26 Å².